The van der Waals surface area contributed by atoms with Crippen molar-refractivity contribution in [2.24, 2.45) is 0 Å². The van der Waals surface area contributed by atoms with E-state index in [0.717, 1.165) is 0 Å². The van der Waals surface area contributed by atoms with Crippen LogP contribution in [-0.4, -0.2) is 34.6 Å². The monoisotopic (exact) mass is 398 g/mol. The molecule has 9 heteroatoms. The fourth-order valence-electron chi connectivity index (χ4n) is 2.98. The van der Waals surface area contributed by atoms with E-state index < -0.39 is 18.1 Å². The van der Waals surface area contributed by atoms with E-state index in [4.69, 9.17) is 8.85 Å². The SMILES string of the molecule is [2H]C([2H])([2H])C(C)(C)c1cc2nnc(-c3ccccc3F)n2nc1OCc1ncnn1CC. The van der Waals surface area contributed by atoms with Gasteiger partial charge in [-0.25, -0.2) is 14.1 Å². The molecule has 0 bridgehead atoms. The van der Waals surface area contributed by atoms with Crippen LogP contribution in [0, 0.1) is 5.82 Å². The normalized spacial score (nSPS) is 13.9. The Bertz CT molecular complexity index is 1270. The Labute approximate surface area is 171 Å². The standard InChI is InChI=1S/C20H22FN7O/c1-5-27-17(22-12-23-27)11-29-19-14(20(2,3)4)10-16-24-25-18(28(16)26-19)13-8-6-7-9-15(13)21/h6-10,12H,5,11H2,1-4H3/i2D3. The molecule has 0 radical (unpaired) electrons. The molecule has 0 aliphatic rings. The Balaban J connectivity index is 1.86. The van der Waals surface area contributed by atoms with Gasteiger partial charge in [-0.2, -0.15) is 9.61 Å². The summed E-state index contributed by atoms with van der Waals surface area (Å²) in [5.41, 5.74) is -0.480. The summed E-state index contributed by atoms with van der Waals surface area (Å²) in [5.74, 6) is 0.332. The third-order valence-electron chi connectivity index (χ3n) is 4.48. The van der Waals surface area contributed by atoms with Gasteiger partial charge in [-0.1, -0.05) is 32.8 Å². The van der Waals surface area contributed by atoms with Gasteiger partial charge in [0.25, 0.3) is 0 Å². The molecular weight excluding hydrogens is 373 g/mol. The summed E-state index contributed by atoms with van der Waals surface area (Å²) in [5, 5.41) is 16.8. The van der Waals surface area contributed by atoms with Gasteiger partial charge in [-0.15, -0.1) is 15.3 Å². The minimum Gasteiger partial charge on any atom is -0.468 e. The average molecular weight is 398 g/mol. The van der Waals surface area contributed by atoms with Gasteiger partial charge >= 0.3 is 0 Å². The number of hydrogen-bond donors (Lipinski definition) is 0. The zero-order valence-corrected chi connectivity index (χ0v) is 16.3. The number of nitrogens with zero attached hydrogens (tertiary/aromatic N) is 7. The molecule has 0 aliphatic carbocycles. The van der Waals surface area contributed by atoms with Crippen LogP contribution in [0.1, 0.15) is 43.1 Å². The maximum atomic E-state index is 14.4. The van der Waals surface area contributed by atoms with Crippen molar-refractivity contribution >= 4 is 5.65 Å². The van der Waals surface area contributed by atoms with Crippen LogP contribution < -0.4 is 4.74 Å². The van der Waals surface area contributed by atoms with Crippen LogP contribution in [0.3, 0.4) is 0 Å². The predicted molar refractivity (Wildman–Crippen MR) is 105 cm³/mol. The van der Waals surface area contributed by atoms with E-state index in [2.05, 4.69) is 25.4 Å². The molecule has 29 heavy (non-hydrogen) atoms. The second-order valence-electron chi connectivity index (χ2n) is 7.04. The molecule has 3 aromatic heterocycles. The zero-order valence-electron chi connectivity index (χ0n) is 19.3. The first-order valence-corrected chi connectivity index (χ1v) is 9.15. The lowest BCUT2D eigenvalue weighted by Crippen LogP contribution is -2.17. The van der Waals surface area contributed by atoms with Crippen molar-refractivity contribution in [3.05, 3.63) is 53.9 Å². The lowest BCUT2D eigenvalue weighted by atomic mass is 9.88. The third kappa shape index (κ3) is 3.55. The Hall–Kier alpha value is -3.36. The van der Waals surface area contributed by atoms with Gasteiger partial charge < -0.3 is 4.74 Å². The number of benzene rings is 1. The Morgan fingerprint density at radius 3 is 2.83 bits per heavy atom. The van der Waals surface area contributed by atoms with Crippen LogP contribution in [0.2, 0.25) is 0 Å². The molecule has 150 valence electrons. The zero-order chi connectivity index (χ0) is 23.1. The minimum atomic E-state index is -2.34. The van der Waals surface area contributed by atoms with Crippen molar-refractivity contribution in [3.63, 3.8) is 0 Å². The number of aromatic nitrogens is 7. The summed E-state index contributed by atoms with van der Waals surface area (Å²) < 4.78 is 47.4. The van der Waals surface area contributed by atoms with E-state index in [1.54, 1.807) is 42.8 Å². The van der Waals surface area contributed by atoms with Crippen LogP contribution in [-0.2, 0) is 18.6 Å². The number of hydrogen-bond acceptors (Lipinski definition) is 6. The molecule has 0 saturated heterocycles. The van der Waals surface area contributed by atoms with Gasteiger partial charge in [0.05, 0.1) is 5.56 Å². The molecule has 0 atom stereocenters. The quantitative estimate of drug-likeness (QED) is 0.512. The molecule has 3 heterocycles. The van der Waals surface area contributed by atoms with Crippen molar-refractivity contribution in [1.29, 1.82) is 0 Å². The van der Waals surface area contributed by atoms with Gasteiger partial charge in [-0.05, 0) is 30.5 Å². The number of rotatable bonds is 5. The molecule has 0 saturated carbocycles. The predicted octanol–water partition coefficient (Wildman–Crippen LogP) is 3.42. The highest BCUT2D eigenvalue weighted by Crippen LogP contribution is 2.32. The smallest absolute Gasteiger partial charge is 0.236 e. The largest absolute Gasteiger partial charge is 0.468 e. The topological polar surface area (TPSA) is 83.0 Å². The molecular formula is C20H22FN7O. The number of ether oxygens (including phenoxy) is 1. The van der Waals surface area contributed by atoms with Crippen molar-refractivity contribution in [2.45, 2.75) is 46.2 Å². The van der Waals surface area contributed by atoms with Crippen molar-refractivity contribution in [1.82, 2.24) is 34.6 Å². The van der Waals surface area contributed by atoms with Gasteiger partial charge in [0.1, 0.15) is 18.8 Å². The van der Waals surface area contributed by atoms with Crippen LogP contribution in [0.5, 0.6) is 5.88 Å². The lowest BCUT2D eigenvalue weighted by Gasteiger charge is -2.21. The van der Waals surface area contributed by atoms with Crippen molar-refractivity contribution < 1.29 is 13.2 Å². The lowest BCUT2D eigenvalue weighted by molar-refractivity contribution is 0.264. The second-order valence-corrected chi connectivity index (χ2v) is 7.04. The summed E-state index contributed by atoms with van der Waals surface area (Å²) in [6.07, 6.45) is 1.42. The van der Waals surface area contributed by atoms with Crippen LogP contribution in [0.4, 0.5) is 4.39 Å². The molecule has 0 fully saturated rings. The first kappa shape index (κ1) is 15.5. The summed E-state index contributed by atoms with van der Waals surface area (Å²) in [7, 11) is 0. The fourth-order valence-corrected chi connectivity index (χ4v) is 2.98. The van der Waals surface area contributed by atoms with E-state index >= 15 is 0 Å². The molecule has 0 N–H and O–H groups in total. The van der Waals surface area contributed by atoms with Crippen LogP contribution in [0.15, 0.2) is 36.7 Å². The van der Waals surface area contributed by atoms with Crippen molar-refractivity contribution in [2.75, 3.05) is 0 Å². The van der Waals surface area contributed by atoms with Gasteiger partial charge in [0.2, 0.25) is 5.88 Å². The average Bonchev–Trinajstić information content (AvgIpc) is 3.37. The molecule has 0 aliphatic heterocycles. The molecule has 1 aromatic carbocycles. The fraction of sp³-hybridized carbons (Fsp3) is 0.350. The Morgan fingerprint density at radius 2 is 2.07 bits per heavy atom. The summed E-state index contributed by atoms with van der Waals surface area (Å²) in [6.45, 7) is 3.37. The second kappa shape index (κ2) is 7.23. The Kier molecular flexibility index (Phi) is 3.88. The van der Waals surface area contributed by atoms with E-state index in [1.807, 2.05) is 6.92 Å². The molecule has 0 spiro atoms. The number of aryl methyl sites for hydroxylation is 1. The minimum absolute atomic E-state index is 0.0214. The van der Waals surface area contributed by atoms with Crippen LogP contribution >= 0.6 is 0 Å². The molecule has 4 rings (SSSR count). The molecule has 0 amide bonds. The van der Waals surface area contributed by atoms with Crippen LogP contribution in [0.25, 0.3) is 17.0 Å². The van der Waals surface area contributed by atoms with Gasteiger partial charge in [-0.3, -0.25) is 0 Å². The first-order chi connectivity index (χ1) is 15.1. The van der Waals surface area contributed by atoms with E-state index in [1.165, 1.54) is 16.9 Å². The molecule has 0 unspecified atom stereocenters. The summed E-state index contributed by atoms with van der Waals surface area (Å²) in [6, 6.07) is 7.71. The maximum Gasteiger partial charge on any atom is 0.236 e. The maximum absolute atomic E-state index is 14.4. The summed E-state index contributed by atoms with van der Waals surface area (Å²) >= 11 is 0. The highest BCUT2D eigenvalue weighted by molar-refractivity contribution is 5.60. The number of fused-ring (bicyclic) bond motifs is 1. The number of halogens is 1. The highest BCUT2D eigenvalue weighted by atomic mass is 19.1. The summed E-state index contributed by atoms with van der Waals surface area (Å²) in [4.78, 5) is 4.18. The first-order valence-electron chi connectivity index (χ1n) is 10.6. The van der Waals surface area contributed by atoms with E-state index in [9.17, 15) is 4.39 Å². The third-order valence-corrected chi connectivity index (χ3v) is 4.48. The van der Waals surface area contributed by atoms with Crippen molar-refractivity contribution in [3.8, 4) is 17.3 Å². The van der Waals surface area contributed by atoms with Gasteiger partial charge in [0, 0.05) is 16.2 Å². The molecule has 4 aromatic rings. The highest BCUT2D eigenvalue weighted by Gasteiger charge is 2.24. The Morgan fingerprint density at radius 1 is 1.24 bits per heavy atom. The van der Waals surface area contributed by atoms with E-state index in [-0.39, 0.29) is 29.5 Å². The van der Waals surface area contributed by atoms with Gasteiger partial charge in [0.15, 0.2) is 17.3 Å². The van der Waals surface area contributed by atoms with E-state index in [0.29, 0.717) is 17.9 Å². The molecule has 8 nitrogen and oxygen atoms in total.